The Kier molecular flexibility index (Phi) is 5.61. The third kappa shape index (κ3) is 4.07. The molecule has 0 radical (unpaired) electrons. The lowest BCUT2D eigenvalue weighted by atomic mass is 10.1. The molecule has 0 bridgehead atoms. The van der Waals surface area contributed by atoms with Gasteiger partial charge in [0.15, 0.2) is 0 Å². The quantitative estimate of drug-likeness (QED) is 0.698. The molecule has 0 spiro atoms. The van der Waals surface area contributed by atoms with Gasteiger partial charge in [-0.2, -0.15) is 5.10 Å². The monoisotopic (exact) mass is 347 g/mol. The molecule has 2 aromatic carbocycles. The molecule has 0 saturated carbocycles. The summed E-state index contributed by atoms with van der Waals surface area (Å²) in [7, 11) is 1.66. The second-order valence-electron chi connectivity index (χ2n) is 5.90. The number of aliphatic hydroxyl groups is 1. The second kappa shape index (κ2) is 8.27. The largest absolute Gasteiger partial charge is 0.395 e. The fourth-order valence-corrected chi connectivity index (χ4v) is 2.59. The van der Waals surface area contributed by atoms with Crippen molar-refractivity contribution in [2.75, 3.05) is 20.2 Å². The molecule has 26 heavy (non-hydrogen) atoms. The number of carbonyl (C=O) groups is 1. The van der Waals surface area contributed by atoms with Gasteiger partial charge < -0.3 is 10.0 Å². The number of hydrogen-bond acceptors (Lipinski definition) is 3. The Labute approximate surface area is 152 Å². The van der Waals surface area contributed by atoms with Gasteiger partial charge in [0.1, 0.15) is 0 Å². The Balaban J connectivity index is 1.97. The lowest BCUT2D eigenvalue weighted by Gasteiger charge is -2.12. The van der Waals surface area contributed by atoms with Gasteiger partial charge in [-0.25, -0.2) is 4.68 Å². The van der Waals surface area contributed by atoms with Crippen molar-refractivity contribution in [1.29, 1.82) is 0 Å². The zero-order valence-corrected chi connectivity index (χ0v) is 14.6. The van der Waals surface area contributed by atoms with Gasteiger partial charge in [-0.3, -0.25) is 4.79 Å². The lowest BCUT2D eigenvalue weighted by molar-refractivity contribution is -0.125. The zero-order valence-electron chi connectivity index (χ0n) is 14.6. The van der Waals surface area contributed by atoms with Crippen molar-refractivity contribution < 1.29 is 9.90 Å². The minimum absolute atomic E-state index is 0.0582. The fraction of sp³-hybridized carbons (Fsp3) is 0.143. The molecule has 3 rings (SSSR count). The van der Waals surface area contributed by atoms with Crippen LogP contribution in [0.5, 0.6) is 0 Å². The summed E-state index contributed by atoms with van der Waals surface area (Å²) in [6.07, 6.45) is 5.19. The van der Waals surface area contributed by atoms with Gasteiger partial charge in [-0.05, 0) is 18.2 Å². The van der Waals surface area contributed by atoms with Crippen LogP contribution in [-0.2, 0) is 4.79 Å². The summed E-state index contributed by atoms with van der Waals surface area (Å²) < 4.78 is 1.81. The molecule has 0 atom stereocenters. The number of hydrogen-bond donors (Lipinski definition) is 1. The second-order valence-corrected chi connectivity index (χ2v) is 5.90. The first-order valence-corrected chi connectivity index (χ1v) is 8.43. The average Bonchev–Trinajstić information content (AvgIpc) is 3.12. The van der Waals surface area contributed by atoms with Crippen molar-refractivity contribution in [3.05, 3.63) is 78.5 Å². The topological polar surface area (TPSA) is 58.4 Å². The summed E-state index contributed by atoms with van der Waals surface area (Å²) >= 11 is 0. The number of benzene rings is 2. The van der Waals surface area contributed by atoms with Crippen LogP contribution in [0, 0.1) is 0 Å². The van der Waals surface area contributed by atoms with E-state index in [-0.39, 0.29) is 12.5 Å². The molecule has 3 aromatic rings. The first-order chi connectivity index (χ1) is 12.7. The van der Waals surface area contributed by atoms with Crippen molar-refractivity contribution in [2.45, 2.75) is 0 Å². The molecule has 1 N–H and O–H groups in total. The molecule has 0 aliphatic carbocycles. The lowest BCUT2D eigenvalue weighted by Crippen LogP contribution is -2.27. The molecule has 0 unspecified atom stereocenters. The van der Waals surface area contributed by atoms with Gasteiger partial charge in [-0.15, -0.1) is 0 Å². The number of nitrogens with zero attached hydrogens (tertiary/aromatic N) is 3. The Morgan fingerprint density at radius 2 is 1.77 bits per heavy atom. The van der Waals surface area contributed by atoms with Crippen molar-refractivity contribution in [3.8, 4) is 16.9 Å². The number of rotatable bonds is 6. The van der Waals surface area contributed by atoms with Crippen LogP contribution in [0.15, 0.2) is 72.9 Å². The molecule has 1 aromatic heterocycles. The van der Waals surface area contributed by atoms with Crippen LogP contribution in [0.25, 0.3) is 23.0 Å². The van der Waals surface area contributed by atoms with E-state index in [1.54, 1.807) is 13.1 Å². The van der Waals surface area contributed by atoms with Gasteiger partial charge in [-0.1, -0.05) is 48.5 Å². The standard InChI is InChI=1S/C21H21N3O2/c1-23(14-15-25)20(26)13-12-18-16-24(19-10-6-3-7-11-19)22-21(18)17-8-4-2-5-9-17/h2-13,16,25H,14-15H2,1H3/b13-12+. The number of amides is 1. The van der Waals surface area contributed by atoms with E-state index in [1.165, 1.54) is 11.0 Å². The molecule has 1 amide bonds. The highest BCUT2D eigenvalue weighted by Crippen LogP contribution is 2.24. The summed E-state index contributed by atoms with van der Waals surface area (Å²) in [6, 6.07) is 19.7. The summed E-state index contributed by atoms with van der Waals surface area (Å²) in [6.45, 7) is 0.245. The van der Waals surface area contributed by atoms with Crippen molar-refractivity contribution in [3.63, 3.8) is 0 Å². The third-order valence-corrected chi connectivity index (χ3v) is 4.03. The summed E-state index contributed by atoms with van der Waals surface area (Å²) in [5.74, 6) is -0.162. The summed E-state index contributed by atoms with van der Waals surface area (Å²) in [5, 5.41) is 13.7. The molecule has 132 valence electrons. The molecule has 5 heteroatoms. The average molecular weight is 347 g/mol. The summed E-state index contributed by atoms with van der Waals surface area (Å²) in [5.41, 5.74) is 3.60. The Bertz CT molecular complexity index is 886. The SMILES string of the molecule is CN(CCO)C(=O)/C=C/c1cn(-c2ccccc2)nc1-c1ccccc1. The number of likely N-dealkylation sites (N-methyl/N-ethyl adjacent to an activating group) is 1. The van der Waals surface area contributed by atoms with Crippen molar-refractivity contribution >= 4 is 12.0 Å². The van der Waals surface area contributed by atoms with Crippen LogP contribution < -0.4 is 0 Å². The first-order valence-electron chi connectivity index (χ1n) is 8.43. The van der Waals surface area contributed by atoms with Gasteiger partial charge in [0.2, 0.25) is 5.91 Å². The molecule has 0 fully saturated rings. The van der Waals surface area contributed by atoms with Crippen LogP contribution in [0.3, 0.4) is 0 Å². The van der Waals surface area contributed by atoms with Crippen molar-refractivity contribution in [2.24, 2.45) is 0 Å². The molecule has 5 nitrogen and oxygen atoms in total. The van der Waals surface area contributed by atoms with E-state index in [0.717, 1.165) is 22.5 Å². The molecule has 1 heterocycles. The van der Waals surface area contributed by atoms with E-state index in [0.29, 0.717) is 6.54 Å². The van der Waals surface area contributed by atoms with E-state index >= 15 is 0 Å². The van der Waals surface area contributed by atoms with E-state index in [2.05, 4.69) is 0 Å². The van der Waals surface area contributed by atoms with E-state index < -0.39 is 0 Å². The van der Waals surface area contributed by atoms with Crippen LogP contribution in [0.1, 0.15) is 5.56 Å². The maximum atomic E-state index is 12.1. The first kappa shape index (κ1) is 17.6. The molecular weight excluding hydrogens is 326 g/mol. The van der Waals surface area contributed by atoms with E-state index in [9.17, 15) is 4.79 Å². The van der Waals surface area contributed by atoms with Crippen LogP contribution in [0.4, 0.5) is 0 Å². The maximum Gasteiger partial charge on any atom is 0.246 e. The minimum atomic E-state index is -0.162. The molecular formula is C21H21N3O2. The smallest absolute Gasteiger partial charge is 0.246 e. The highest BCUT2D eigenvalue weighted by atomic mass is 16.3. The minimum Gasteiger partial charge on any atom is -0.395 e. The Hall–Kier alpha value is -3.18. The molecule has 0 aliphatic rings. The maximum absolute atomic E-state index is 12.1. The number of aliphatic hydroxyl groups excluding tert-OH is 1. The Morgan fingerprint density at radius 3 is 2.42 bits per heavy atom. The number of carbonyl (C=O) groups excluding carboxylic acids is 1. The molecule has 0 saturated heterocycles. The highest BCUT2D eigenvalue weighted by Gasteiger charge is 2.11. The van der Waals surface area contributed by atoms with Gasteiger partial charge in [0.05, 0.1) is 18.0 Å². The van der Waals surface area contributed by atoms with Crippen LogP contribution in [0.2, 0.25) is 0 Å². The fourth-order valence-electron chi connectivity index (χ4n) is 2.59. The zero-order chi connectivity index (χ0) is 18.4. The van der Waals surface area contributed by atoms with Gasteiger partial charge in [0, 0.05) is 37.0 Å². The number of para-hydroxylation sites is 1. The van der Waals surface area contributed by atoms with Crippen LogP contribution >= 0.6 is 0 Å². The van der Waals surface area contributed by atoms with Gasteiger partial charge in [0.25, 0.3) is 0 Å². The van der Waals surface area contributed by atoms with Crippen LogP contribution in [-0.4, -0.2) is 45.9 Å². The number of aromatic nitrogens is 2. The predicted molar refractivity (Wildman–Crippen MR) is 103 cm³/mol. The summed E-state index contributed by atoms with van der Waals surface area (Å²) in [4.78, 5) is 13.6. The highest BCUT2D eigenvalue weighted by molar-refractivity contribution is 5.92. The normalized spacial score (nSPS) is 11.0. The molecule has 0 aliphatic heterocycles. The van der Waals surface area contributed by atoms with Gasteiger partial charge >= 0.3 is 0 Å². The third-order valence-electron chi connectivity index (χ3n) is 4.03. The Morgan fingerprint density at radius 1 is 1.12 bits per heavy atom. The predicted octanol–water partition coefficient (Wildman–Crippen LogP) is 3.00. The van der Waals surface area contributed by atoms with E-state index in [4.69, 9.17) is 10.2 Å². The van der Waals surface area contributed by atoms with E-state index in [1.807, 2.05) is 71.5 Å². The van der Waals surface area contributed by atoms with Crippen molar-refractivity contribution in [1.82, 2.24) is 14.7 Å².